The Bertz CT molecular complexity index is 836. The summed E-state index contributed by atoms with van der Waals surface area (Å²) in [5.74, 6) is 2.26. The quantitative estimate of drug-likeness (QED) is 0.581. The van der Waals surface area contributed by atoms with E-state index in [1.165, 1.54) is 5.56 Å². The molecule has 0 unspecified atom stereocenters. The normalized spacial score (nSPS) is 10.5. The Morgan fingerprint density at radius 2 is 1.65 bits per heavy atom. The van der Waals surface area contributed by atoms with Gasteiger partial charge >= 0.3 is 0 Å². The van der Waals surface area contributed by atoms with Crippen LogP contribution in [0.1, 0.15) is 12.0 Å². The highest BCUT2D eigenvalue weighted by molar-refractivity contribution is 5.66. The maximum absolute atomic E-state index is 5.10. The fraction of sp³-hybridized carbons (Fsp3) is 0.238. The van der Waals surface area contributed by atoms with Crippen molar-refractivity contribution in [3.63, 3.8) is 0 Å². The van der Waals surface area contributed by atoms with Crippen molar-refractivity contribution >= 4 is 17.3 Å². The number of rotatable bonds is 8. The van der Waals surface area contributed by atoms with Crippen LogP contribution >= 0.6 is 0 Å². The molecule has 5 heteroatoms. The highest BCUT2D eigenvalue weighted by Gasteiger charge is 2.08. The molecule has 0 atom stereocenters. The third-order valence-corrected chi connectivity index (χ3v) is 4.00. The van der Waals surface area contributed by atoms with Crippen LogP contribution in [0.3, 0.4) is 0 Å². The van der Waals surface area contributed by atoms with E-state index in [1.807, 2.05) is 54.6 Å². The summed E-state index contributed by atoms with van der Waals surface area (Å²) in [6.45, 7) is 3.59. The molecule has 26 heavy (non-hydrogen) atoms. The van der Waals surface area contributed by atoms with Gasteiger partial charge in [-0.2, -0.15) is 0 Å². The molecule has 1 heterocycles. The molecular formula is C21H24N4O. The minimum Gasteiger partial charge on any atom is -0.385 e. The van der Waals surface area contributed by atoms with Gasteiger partial charge in [-0.05, 0) is 25.0 Å². The van der Waals surface area contributed by atoms with Crippen LogP contribution in [0.15, 0.2) is 60.7 Å². The predicted molar refractivity (Wildman–Crippen MR) is 107 cm³/mol. The number of anilines is 3. The van der Waals surface area contributed by atoms with E-state index in [0.717, 1.165) is 42.5 Å². The molecule has 0 saturated carbocycles. The van der Waals surface area contributed by atoms with Gasteiger partial charge in [0.05, 0.1) is 0 Å². The van der Waals surface area contributed by atoms with Gasteiger partial charge < -0.3 is 15.4 Å². The SMILES string of the molecule is COCCCNc1cc(Nc2ccccc2C)nc(-c2ccccc2)n1. The monoisotopic (exact) mass is 348 g/mol. The number of hydrogen-bond donors (Lipinski definition) is 2. The molecule has 5 nitrogen and oxygen atoms in total. The second-order valence-electron chi connectivity index (χ2n) is 6.04. The van der Waals surface area contributed by atoms with Crippen LogP contribution < -0.4 is 10.6 Å². The van der Waals surface area contributed by atoms with Gasteiger partial charge in [0.25, 0.3) is 0 Å². The van der Waals surface area contributed by atoms with Gasteiger partial charge in [-0.15, -0.1) is 0 Å². The van der Waals surface area contributed by atoms with Crippen LogP contribution in [0.25, 0.3) is 11.4 Å². The van der Waals surface area contributed by atoms with E-state index in [2.05, 4.69) is 28.6 Å². The molecule has 0 aliphatic carbocycles. The van der Waals surface area contributed by atoms with E-state index in [0.29, 0.717) is 5.82 Å². The fourth-order valence-corrected chi connectivity index (χ4v) is 2.60. The molecule has 134 valence electrons. The number of aryl methyl sites for hydroxylation is 1. The summed E-state index contributed by atoms with van der Waals surface area (Å²) in [6.07, 6.45) is 0.918. The number of ether oxygens (including phenoxy) is 1. The summed E-state index contributed by atoms with van der Waals surface area (Å²) in [5, 5.41) is 6.77. The molecule has 0 saturated heterocycles. The van der Waals surface area contributed by atoms with Gasteiger partial charge in [0.1, 0.15) is 11.6 Å². The van der Waals surface area contributed by atoms with Crippen molar-refractivity contribution in [3.05, 3.63) is 66.2 Å². The summed E-state index contributed by atoms with van der Waals surface area (Å²) >= 11 is 0. The highest BCUT2D eigenvalue weighted by Crippen LogP contribution is 2.24. The molecule has 0 aliphatic rings. The summed E-state index contributed by atoms with van der Waals surface area (Å²) in [7, 11) is 1.71. The molecule has 1 aromatic heterocycles. The summed E-state index contributed by atoms with van der Waals surface area (Å²) in [5.41, 5.74) is 3.19. The van der Waals surface area contributed by atoms with Gasteiger partial charge in [-0.1, -0.05) is 48.5 Å². The van der Waals surface area contributed by atoms with Crippen molar-refractivity contribution < 1.29 is 4.74 Å². The van der Waals surface area contributed by atoms with Crippen molar-refractivity contribution in [1.29, 1.82) is 0 Å². The Balaban J connectivity index is 1.88. The molecule has 0 bridgehead atoms. The minimum atomic E-state index is 0.693. The Kier molecular flexibility index (Phi) is 6.17. The van der Waals surface area contributed by atoms with Crippen LogP contribution in [0.4, 0.5) is 17.3 Å². The third-order valence-electron chi connectivity index (χ3n) is 4.00. The van der Waals surface area contributed by atoms with Gasteiger partial charge in [0.2, 0.25) is 0 Å². The number of nitrogens with one attached hydrogen (secondary N) is 2. The lowest BCUT2D eigenvalue weighted by molar-refractivity contribution is 0.198. The fourth-order valence-electron chi connectivity index (χ4n) is 2.60. The Hall–Kier alpha value is -2.92. The number of para-hydroxylation sites is 1. The van der Waals surface area contributed by atoms with E-state index in [4.69, 9.17) is 9.72 Å². The lowest BCUT2D eigenvalue weighted by atomic mass is 10.2. The number of hydrogen-bond acceptors (Lipinski definition) is 5. The second-order valence-corrected chi connectivity index (χ2v) is 6.04. The van der Waals surface area contributed by atoms with E-state index in [-0.39, 0.29) is 0 Å². The third kappa shape index (κ3) is 4.80. The first-order valence-electron chi connectivity index (χ1n) is 8.76. The molecular weight excluding hydrogens is 324 g/mol. The first-order chi connectivity index (χ1) is 12.8. The molecule has 0 spiro atoms. The molecule has 0 amide bonds. The lowest BCUT2D eigenvalue weighted by Gasteiger charge is -2.13. The van der Waals surface area contributed by atoms with Gasteiger partial charge in [0.15, 0.2) is 5.82 Å². The van der Waals surface area contributed by atoms with Gasteiger partial charge in [0, 0.05) is 37.6 Å². The topological polar surface area (TPSA) is 59.1 Å². The van der Waals surface area contributed by atoms with Crippen LogP contribution in [-0.4, -0.2) is 30.2 Å². The number of nitrogens with zero attached hydrogens (tertiary/aromatic N) is 2. The average Bonchev–Trinajstić information content (AvgIpc) is 2.68. The maximum Gasteiger partial charge on any atom is 0.163 e. The summed E-state index contributed by atoms with van der Waals surface area (Å²) in [6, 6.07) is 20.1. The van der Waals surface area contributed by atoms with Gasteiger partial charge in [-0.3, -0.25) is 0 Å². The minimum absolute atomic E-state index is 0.693. The van der Waals surface area contributed by atoms with Crippen molar-refractivity contribution in [1.82, 2.24) is 9.97 Å². The lowest BCUT2D eigenvalue weighted by Crippen LogP contribution is -2.08. The van der Waals surface area contributed by atoms with E-state index in [1.54, 1.807) is 7.11 Å². The second kappa shape index (κ2) is 8.97. The van der Waals surface area contributed by atoms with Gasteiger partial charge in [-0.25, -0.2) is 9.97 Å². The number of benzene rings is 2. The van der Waals surface area contributed by atoms with Crippen LogP contribution in [0.2, 0.25) is 0 Å². The average molecular weight is 348 g/mol. The zero-order chi connectivity index (χ0) is 18.2. The van der Waals surface area contributed by atoms with E-state index in [9.17, 15) is 0 Å². The Morgan fingerprint density at radius 3 is 2.42 bits per heavy atom. The van der Waals surface area contributed by atoms with Crippen molar-refractivity contribution in [2.24, 2.45) is 0 Å². The number of methoxy groups -OCH3 is 1. The molecule has 3 aromatic rings. The summed E-state index contributed by atoms with van der Waals surface area (Å²) in [4.78, 5) is 9.36. The van der Waals surface area contributed by atoms with Crippen LogP contribution in [0, 0.1) is 6.92 Å². The van der Waals surface area contributed by atoms with Crippen molar-refractivity contribution in [3.8, 4) is 11.4 Å². The first kappa shape index (κ1) is 17.9. The predicted octanol–water partition coefficient (Wildman–Crippen LogP) is 4.64. The zero-order valence-electron chi connectivity index (χ0n) is 15.2. The number of aromatic nitrogens is 2. The van der Waals surface area contributed by atoms with E-state index < -0.39 is 0 Å². The molecule has 0 radical (unpaired) electrons. The Morgan fingerprint density at radius 1 is 0.923 bits per heavy atom. The molecule has 0 fully saturated rings. The smallest absolute Gasteiger partial charge is 0.163 e. The largest absolute Gasteiger partial charge is 0.385 e. The van der Waals surface area contributed by atoms with Crippen molar-refractivity contribution in [2.45, 2.75) is 13.3 Å². The molecule has 3 rings (SSSR count). The summed E-state index contributed by atoms with van der Waals surface area (Å²) < 4.78 is 5.10. The van der Waals surface area contributed by atoms with Crippen LogP contribution in [-0.2, 0) is 4.74 Å². The van der Waals surface area contributed by atoms with Crippen molar-refractivity contribution in [2.75, 3.05) is 30.9 Å². The highest BCUT2D eigenvalue weighted by atomic mass is 16.5. The first-order valence-corrected chi connectivity index (χ1v) is 8.76. The standard InChI is InChI=1S/C21H24N4O/c1-16-9-6-7-12-18(16)23-20-15-19(22-13-8-14-26-2)24-21(25-20)17-10-4-3-5-11-17/h3-7,9-12,15H,8,13-14H2,1-2H3,(H2,22,23,24,25). The zero-order valence-corrected chi connectivity index (χ0v) is 15.2. The molecule has 0 aliphatic heterocycles. The maximum atomic E-state index is 5.10. The van der Waals surface area contributed by atoms with E-state index >= 15 is 0 Å². The molecule has 2 N–H and O–H groups in total. The Labute approximate surface area is 154 Å². The molecule has 2 aromatic carbocycles. The van der Waals surface area contributed by atoms with Crippen LogP contribution in [0.5, 0.6) is 0 Å².